The van der Waals surface area contributed by atoms with E-state index in [0.29, 0.717) is 23.3 Å². The van der Waals surface area contributed by atoms with Crippen molar-refractivity contribution in [3.63, 3.8) is 0 Å². The second-order valence-electron chi connectivity index (χ2n) is 5.62. The second kappa shape index (κ2) is 9.61. The molecule has 27 heavy (non-hydrogen) atoms. The van der Waals surface area contributed by atoms with Crippen LogP contribution < -0.4 is 14.2 Å². The smallest absolute Gasteiger partial charge is 0.161 e. The van der Waals surface area contributed by atoms with Crippen LogP contribution in [0.5, 0.6) is 23.0 Å². The molecule has 2 rings (SSSR count). The maximum atomic E-state index is 10.6. The van der Waals surface area contributed by atoms with Crippen molar-refractivity contribution in [2.45, 2.75) is 12.2 Å². The van der Waals surface area contributed by atoms with E-state index in [9.17, 15) is 20.1 Å². The van der Waals surface area contributed by atoms with Gasteiger partial charge in [0.25, 0.3) is 0 Å². The van der Waals surface area contributed by atoms with Crippen LogP contribution in [0, 0.1) is 0 Å². The maximum absolute atomic E-state index is 10.6. The number of hydrogen-bond acceptors (Lipinski definition) is 7. The Morgan fingerprint density at radius 1 is 1.04 bits per heavy atom. The molecule has 0 unspecified atom stereocenters. The van der Waals surface area contributed by atoms with Gasteiger partial charge in [-0.05, 0) is 41.5 Å². The quantitative estimate of drug-likeness (QED) is 0.456. The summed E-state index contributed by atoms with van der Waals surface area (Å²) < 4.78 is 16.1. The third-order valence-corrected chi connectivity index (χ3v) is 3.91. The van der Waals surface area contributed by atoms with Gasteiger partial charge in [-0.1, -0.05) is 18.2 Å². The van der Waals surface area contributed by atoms with Crippen LogP contribution >= 0.6 is 0 Å². The number of carbonyl (C=O) groups is 1. The fourth-order valence-electron chi connectivity index (χ4n) is 2.49. The predicted molar refractivity (Wildman–Crippen MR) is 99.2 cm³/mol. The number of aldehydes is 1. The van der Waals surface area contributed by atoms with E-state index in [4.69, 9.17) is 14.2 Å². The minimum Gasteiger partial charge on any atom is -0.504 e. The van der Waals surface area contributed by atoms with Crippen molar-refractivity contribution in [1.29, 1.82) is 0 Å². The minimum absolute atomic E-state index is 0.0597. The Bertz CT molecular complexity index is 801. The van der Waals surface area contributed by atoms with Crippen molar-refractivity contribution in [3.05, 3.63) is 53.6 Å². The maximum Gasteiger partial charge on any atom is 0.161 e. The zero-order valence-corrected chi connectivity index (χ0v) is 15.0. The van der Waals surface area contributed by atoms with Gasteiger partial charge in [-0.25, -0.2) is 0 Å². The van der Waals surface area contributed by atoms with E-state index < -0.39 is 18.8 Å². The van der Waals surface area contributed by atoms with Crippen LogP contribution in [-0.2, 0) is 4.79 Å². The molecule has 7 heteroatoms. The third-order valence-electron chi connectivity index (χ3n) is 3.91. The molecule has 7 nitrogen and oxygen atoms in total. The number of aliphatic hydroxyl groups is 2. The Kier molecular flexibility index (Phi) is 7.22. The van der Waals surface area contributed by atoms with Crippen LogP contribution in [0.3, 0.4) is 0 Å². The summed E-state index contributed by atoms with van der Waals surface area (Å²) in [5, 5.41) is 29.9. The Hall–Kier alpha value is -3.03. The molecular formula is C20H22O7. The number of aromatic hydroxyl groups is 1. The average molecular weight is 374 g/mol. The van der Waals surface area contributed by atoms with Crippen molar-refractivity contribution in [1.82, 2.24) is 0 Å². The lowest BCUT2D eigenvalue weighted by atomic mass is 10.0. The summed E-state index contributed by atoms with van der Waals surface area (Å²) in [5.41, 5.74) is 1.14. The van der Waals surface area contributed by atoms with Crippen molar-refractivity contribution >= 4 is 12.4 Å². The minimum atomic E-state index is -1.18. The van der Waals surface area contributed by atoms with Crippen LogP contribution in [0.25, 0.3) is 6.08 Å². The Balaban J connectivity index is 2.25. The summed E-state index contributed by atoms with van der Waals surface area (Å²) in [6.07, 6.45) is 1.48. The molecule has 144 valence electrons. The Labute approximate surface area is 157 Å². The lowest BCUT2D eigenvalue weighted by molar-refractivity contribution is -0.104. The van der Waals surface area contributed by atoms with Crippen LogP contribution in [0.4, 0.5) is 0 Å². The Morgan fingerprint density at radius 2 is 1.78 bits per heavy atom. The monoisotopic (exact) mass is 374 g/mol. The number of allylic oxidation sites excluding steroid dienone is 1. The molecule has 2 aromatic carbocycles. The highest BCUT2D eigenvalue weighted by Gasteiger charge is 2.24. The van der Waals surface area contributed by atoms with Gasteiger partial charge >= 0.3 is 0 Å². The zero-order chi connectivity index (χ0) is 19.8. The highest BCUT2D eigenvalue weighted by Crippen LogP contribution is 2.34. The van der Waals surface area contributed by atoms with E-state index >= 15 is 0 Å². The molecular weight excluding hydrogens is 352 g/mol. The van der Waals surface area contributed by atoms with Crippen LogP contribution in [0.1, 0.15) is 17.2 Å². The first-order valence-corrected chi connectivity index (χ1v) is 8.16. The molecule has 0 aliphatic heterocycles. The van der Waals surface area contributed by atoms with Gasteiger partial charge in [0, 0.05) is 0 Å². The average Bonchev–Trinajstić information content (AvgIpc) is 2.70. The van der Waals surface area contributed by atoms with Crippen molar-refractivity contribution in [2.24, 2.45) is 0 Å². The molecule has 0 amide bonds. The third kappa shape index (κ3) is 4.99. The normalized spacial score (nSPS) is 13.2. The summed E-state index contributed by atoms with van der Waals surface area (Å²) in [7, 11) is 2.86. The summed E-state index contributed by atoms with van der Waals surface area (Å²) in [6.45, 7) is -0.458. The van der Waals surface area contributed by atoms with Gasteiger partial charge in [0.1, 0.15) is 12.4 Å². The standard InChI is InChI=1S/C20H22O7/c1-25-17-11-14(6-7-15(17)23)20(24)19(12-22)27-16-8-5-13(4-3-9-21)10-18(16)26-2/h3-11,19-20,22-24H,12H2,1-2H3/b4-3-/t19-,20+/m0/s1. The number of hydrogen-bond donors (Lipinski definition) is 3. The highest BCUT2D eigenvalue weighted by molar-refractivity contribution is 5.74. The summed E-state index contributed by atoms with van der Waals surface area (Å²) in [5.74, 6) is 0.851. The number of methoxy groups -OCH3 is 2. The number of carbonyl (C=O) groups excluding carboxylic acids is 1. The number of benzene rings is 2. The van der Waals surface area contributed by atoms with Gasteiger partial charge in [-0.15, -0.1) is 0 Å². The second-order valence-corrected chi connectivity index (χ2v) is 5.62. The molecule has 2 aromatic rings. The van der Waals surface area contributed by atoms with Gasteiger partial charge in [0.15, 0.2) is 29.1 Å². The fourth-order valence-corrected chi connectivity index (χ4v) is 2.49. The molecule has 0 heterocycles. The largest absolute Gasteiger partial charge is 0.504 e. The molecule has 0 saturated carbocycles. The van der Waals surface area contributed by atoms with Crippen LogP contribution in [0.2, 0.25) is 0 Å². The topological polar surface area (TPSA) is 105 Å². The number of rotatable bonds is 9. The summed E-state index contributed by atoms with van der Waals surface area (Å²) in [6, 6.07) is 9.37. The molecule has 0 aromatic heterocycles. The van der Waals surface area contributed by atoms with Crippen molar-refractivity contribution < 1.29 is 34.3 Å². The molecule has 0 spiro atoms. The van der Waals surface area contributed by atoms with E-state index in [2.05, 4.69) is 0 Å². The number of aliphatic hydroxyl groups excluding tert-OH is 2. The van der Waals surface area contributed by atoms with Gasteiger partial charge in [0.2, 0.25) is 0 Å². The Morgan fingerprint density at radius 3 is 2.41 bits per heavy atom. The zero-order valence-electron chi connectivity index (χ0n) is 15.0. The van der Waals surface area contributed by atoms with E-state index in [1.165, 1.54) is 38.5 Å². The molecule has 0 fully saturated rings. The summed E-state index contributed by atoms with van der Waals surface area (Å²) in [4.78, 5) is 10.4. The molecule has 0 aliphatic carbocycles. The molecule has 2 atom stereocenters. The van der Waals surface area contributed by atoms with E-state index in [1.807, 2.05) is 0 Å². The van der Waals surface area contributed by atoms with Crippen LogP contribution in [-0.4, -0.2) is 48.5 Å². The van der Waals surface area contributed by atoms with Gasteiger partial charge in [0.05, 0.1) is 20.8 Å². The van der Waals surface area contributed by atoms with Crippen molar-refractivity contribution in [3.8, 4) is 23.0 Å². The first-order valence-electron chi connectivity index (χ1n) is 8.16. The van der Waals surface area contributed by atoms with Gasteiger partial charge in [-0.3, -0.25) is 4.79 Å². The predicted octanol–water partition coefficient (Wildman–Crippen LogP) is 2.09. The van der Waals surface area contributed by atoms with Crippen LogP contribution in [0.15, 0.2) is 42.5 Å². The number of phenolic OH excluding ortho intramolecular Hbond substituents is 1. The molecule has 0 bridgehead atoms. The lowest BCUT2D eigenvalue weighted by Gasteiger charge is -2.24. The number of ether oxygens (including phenoxy) is 3. The van der Waals surface area contributed by atoms with Crippen molar-refractivity contribution in [2.75, 3.05) is 20.8 Å². The lowest BCUT2D eigenvalue weighted by Crippen LogP contribution is -2.29. The molecule has 3 N–H and O–H groups in total. The first kappa shape index (κ1) is 20.3. The van der Waals surface area contributed by atoms with E-state index in [1.54, 1.807) is 24.3 Å². The summed E-state index contributed by atoms with van der Waals surface area (Å²) >= 11 is 0. The number of phenols is 1. The first-order chi connectivity index (χ1) is 13.0. The molecule has 0 radical (unpaired) electrons. The van der Waals surface area contributed by atoms with Gasteiger partial charge in [-0.2, -0.15) is 0 Å². The van der Waals surface area contributed by atoms with Gasteiger partial charge < -0.3 is 29.5 Å². The van der Waals surface area contributed by atoms with E-state index in [0.717, 1.165) is 5.56 Å². The molecule has 0 aliphatic rings. The van der Waals surface area contributed by atoms with E-state index in [-0.39, 0.29) is 11.5 Å². The fraction of sp³-hybridized carbons (Fsp3) is 0.250. The highest BCUT2D eigenvalue weighted by atomic mass is 16.5. The molecule has 0 saturated heterocycles. The SMILES string of the molecule is COc1cc([C@@H](O)[C@H](CO)Oc2ccc(/C=C\C=O)cc2OC)ccc1O.